The lowest BCUT2D eigenvalue weighted by molar-refractivity contribution is -0.364. The first-order valence-electron chi connectivity index (χ1n) is 7.13. The van der Waals surface area contributed by atoms with E-state index in [4.69, 9.17) is 4.74 Å². The van der Waals surface area contributed by atoms with Crippen molar-refractivity contribution in [3.05, 3.63) is 53.0 Å². The van der Waals surface area contributed by atoms with E-state index in [9.17, 15) is 4.79 Å². The number of benzene rings is 2. The summed E-state index contributed by atoms with van der Waals surface area (Å²) in [6, 6.07) is 14.3. The van der Waals surface area contributed by atoms with Crippen LogP contribution in [0, 0.1) is 6.92 Å². The molecule has 112 valence electrons. The molecule has 3 rings (SSSR count). The van der Waals surface area contributed by atoms with E-state index in [2.05, 4.69) is 28.5 Å². The highest BCUT2D eigenvalue weighted by Crippen LogP contribution is 2.28. The van der Waals surface area contributed by atoms with Gasteiger partial charge in [-0.1, -0.05) is 36.4 Å². The zero-order valence-electron chi connectivity index (χ0n) is 12.5. The Labute approximate surface area is 132 Å². The van der Waals surface area contributed by atoms with Gasteiger partial charge in [0.1, 0.15) is 11.4 Å². The number of hydrogen-bond acceptors (Lipinski definition) is 4. The van der Waals surface area contributed by atoms with E-state index in [1.54, 1.807) is 6.92 Å². The maximum Gasteiger partial charge on any atom is 0.352 e. The van der Waals surface area contributed by atoms with Crippen molar-refractivity contribution in [2.45, 2.75) is 13.8 Å². The summed E-state index contributed by atoms with van der Waals surface area (Å²) in [6.07, 6.45) is 0. The molecule has 0 bridgehead atoms. The molecular weight excluding hydrogens is 296 g/mol. The molecule has 0 unspecified atom stereocenters. The van der Waals surface area contributed by atoms with Gasteiger partial charge in [-0.3, -0.25) is 0 Å². The molecular formula is C17H17N2O2S+. The number of H-pyrrole nitrogens is 1. The minimum atomic E-state index is -0.285. The number of aryl methyl sites for hydroxylation is 1. The van der Waals surface area contributed by atoms with Crippen molar-refractivity contribution >= 4 is 38.9 Å². The van der Waals surface area contributed by atoms with Crippen LogP contribution in [-0.2, 0) is 4.74 Å². The van der Waals surface area contributed by atoms with E-state index >= 15 is 0 Å². The Hall–Kier alpha value is -2.40. The van der Waals surface area contributed by atoms with Crippen LogP contribution in [0.4, 0.5) is 10.8 Å². The third-order valence-corrected chi connectivity index (χ3v) is 4.43. The summed E-state index contributed by atoms with van der Waals surface area (Å²) in [7, 11) is 0. The number of thiazole rings is 1. The molecule has 0 saturated carbocycles. The summed E-state index contributed by atoms with van der Waals surface area (Å²) < 4.78 is 5.07. The summed E-state index contributed by atoms with van der Waals surface area (Å²) in [6.45, 7) is 4.05. The number of esters is 1. The Balaban J connectivity index is 1.93. The van der Waals surface area contributed by atoms with Crippen LogP contribution in [0.15, 0.2) is 42.5 Å². The minimum absolute atomic E-state index is 0.285. The zero-order chi connectivity index (χ0) is 15.5. The van der Waals surface area contributed by atoms with Crippen molar-refractivity contribution in [2.24, 2.45) is 0 Å². The maximum absolute atomic E-state index is 11.9. The van der Waals surface area contributed by atoms with Gasteiger partial charge in [0.25, 0.3) is 0 Å². The number of carbonyl (C=O) groups excluding carboxylic acids is 1. The first-order chi connectivity index (χ1) is 10.7. The minimum Gasteiger partial charge on any atom is -0.462 e. The fourth-order valence-electron chi connectivity index (χ4n) is 2.34. The predicted octanol–water partition coefficient (Wildman–Crippen LogP) is 3.94. The average molecular weight is 313 g/mol. The van der Waals surface area contributed by atoms with Crippen LogP contribution in [0.2, 0.25) is 0 Å². The predicted molar refractivity (Wildman–Crippen MR) is 88.8 cm³/mol. The van der Waals surface area contributed by atoms with E-state index in [1.807, 2.05) is 31.2 Å². The fourth-order valence-corrected chi connectivity index (χ4v) is 3.25. The van der Waals surface area contributed by atoms with Gasteiger partial charge >= 0.3 is 11.1 Å². The van der Waals surface area contributed by atoms with Crippen molar-refractivity contribution < 1.29 is 14.5 Å². The van der Waals surface area contributed by atoms with Gasteiger partial charge in [0.2, 0.25) is 0 Å². The molecule has 22 heavy (non-hydrogen) atoms. The van der Waals surface area contributed by atoms with Gasteiger partial charge in [-0.25, -0.2) is 15.1 Å². The normalized spacial score (nSPS) is 10.6. The Morgan fingerprint density at radius 1 is 1.23 bits per heavy atom. The molecule has 0 atom stereocenters. The summed E-state index contributed by atoms with van der Waals surface area (Å²) in [5, 5.41) is 6.49. The van der Waals surface area contributed by atoms with Crippen LogP contribution in [0.3, 0.4) is 0 Å². The van der Waals surface area contributed by atoms with Gasteiger partial charge in [0, 0.05) is 5.39 Å². The molecule has 2 aromatic carbocycles. The van der Waals surface area contributed by atoms with Gasteiger partial charge in [-0.05, 0) is 36.6 Å². The number of rotatable bonds is 4. The molecule has 0 aliphatic carbocycles. The van der Waals surface area contributed by atoms with Gasteiger partial charge in [-0.15, -0.1) is 0 Å². The number of aromatic amines is 1. The first kappa shape index (κ1) is 14.5. The molecule has 0 amide bonds. The second-order valence-corrected chi connectivity index (χ2v) is 5.90. The second-order valence-electron chi connectivity index (χ2n) is 4.88. The van der Waals surface area contributed by atoms with E-state index < -0.39 is 0 Å². The standard InChI is InChI=1S/C17H16N2O2S/c1-3-21-16(20)15-11(2)18-17(22-15)19-14-10-6-8-12-7-4-5-9-13(12)14/h4-10H,3H2,1-2H3,(H,18,19)/p+1. The molecule has 4 nitrogen and oxygen atoms in total. The Morgan fingerprint density at radius 2 is 2.00 bits per heavy atom. The number of hydrogen-bond donors (Lipinski definition) is 1. The van der Waals surface area contributed by atoms with Crippen molar-refractivity contribution in [3.63, 3.8) is 0 Å². The number of aromatic nitrogens is 1. The number of nitrogens with one attached hydrogen (secondary N) is 2. The van der Waals surface area contributed by atoms with Gasteiger partial charge in [0.15, 0.2) is 4.88 Å². The maximum atomic E-state index is 11.9. The van der Waals surface area contributed by atoms with Crippen molar-refractivity contribution in [2.75, 3.05) is 11.9 Å². The quantitative estimate of drug-likeness (QED) is 0.742. The third kappa shape index (κ3) is 2.80. The Kier molecular flexibility index (Phi) is 4.06. The summed E-state index contributed by atoms with van der Waals surface area (Å²) in [4.78, 5) is 15.7. The van der Waals surface area contributed by atoms with Crippen LogP contribution in [0.1, 0.15) is 22.3 Å². The molecule has 1 heterocycles. The molecule has 1 aromatic heterocycles. The van der Waals surface area contributed by atoms with Gasteiger partial charge in [-0.2, -0.15) is 0 Å². The fraction of sp³-hybridized carbons (Fsp3) is 0.176. The van der Waals surface area contributed by atoms with Crippen molar-refractivity contribution in [1.82, 2.24) is 0 Å². The summed E-state index contributed by atoms with van der Waals surface area (Å²) in [5.41, 5.74) is 1.82. The van der Waals surface area contributed by atoms with Crippen molar-refractivity contribution in [3.8, 4) is 0 Å². The monoisotopic (exact) mass is 313 g/mol. The number of fused-ring (bicyclic) bond motifs is 1. The summed E-state index contributed by atoms with van der Waals surface area (Å²) in [5.74, 6) is -0.285. The zero-order valence-corrected chi connectivity index (χ0v) is 13.3. The molecule has 3 aromatic rings. The lowest BCUT2D eigenvalue weighted by Crippen LogP contribution is -2.11. The highest BCUT2D eigenvalue weighted by atomic mass is 32.1. The second kappa shape index (κ2) is 6.15. The van der Waals surface area contributed by atoms with Crippen LogP contribution >= 0.6 is 11.3 Å². The highest BCUT2D eigenvalue weighted by molar-refractivity contribution is 7.17. The van der Waals surface area contributed by atoms with E-state index in [1.165, 1.54) is 16.7 Å². The summed E-state index contributed by atoms with van der Waals surface area (Å²) >= 11 is 1.37. The molecule has 0 aliphatic rings. The highest BCUT2D eigenvalue weighted by Gasteiger charge is 2.20. The average Bonchev–Trinajstić information content (AvgIpc) is 2.89. The largest absolute Gasteiger partial charge is 0.462 e. The smallest absolute Gasteiger partial charge is 0.352 e. The molecule has 2 N–H and O–H groups in total. The lowest BCUT2D eigenvalue weighted by Gasteiger charge is -2.01. The third-order valence-electron chi connectivity index (χ3n) is 3.34. The van der Waals surface area contributed by atoms with E-state index in [-0.39, 0.29) is 5.97 Å². The van der Waals surface area contributed by atoms with Crippen LogP contribution < -0.4 is 10.3 Å². The van der Waals surface area contributed by atoms with Gasteiger partial charge < -0.3 is 4.74 Å². The molecule has 0 fully saturated rings. The number of ether oxygens (including phenoxy) is 1. The number of carbonyl (C=O) groups is 1. The van der Waals surface area contributed by atoms with Crippen molar-refractivity contribution in [1.29, 1.82) is 0 Å². The molecule has 0 aliphatic heterocycles. The first-order valence-corrected chi connectivity index (χ1v) is 7.95. The lowest BCUT2D eigenvalue weighted by atomic mass is 10.1. The molecule has 0 spiro atoms. The number of anilines is 2. The van der Waals surface area contributed by atoms with Crippen LogP contribution in [-0.4, -0.2) is 12.6 Å². The van der Waals surface area contributed by atoms with Crippen LogP contribution in [0.5, 0.6) is 0 Å². The van der Waals surface area contributed by atoms with E-state index in [0.717, 1.165) is 21.9 Å². The topological polar surface area (TPSA) is 52.5 Å². The SMILES string of the molecule is CCOC(=O)c1sc(Nc2cccc3ccccc23)[nH+]c1C. The van der Waals surface area contributed by atoms with Crippen LogP contribution in [0.25, 0.3) is 10.8 Å². The molecule has 0 saturated heterocycles. The molecule has 0 radical (unpaired) electrons. The Bertz CT molecular complexity index is 821. The Morgan fingerprint density at radius 3 is 2.82 bits per heavy atom. The van der Waals surface area contributed by atoms with Gasteiger partial charge in [0.05, 0.1) is 6.61 Å². The molecule has 5 heteroatoms. The van der Waals surface area contributed by atoms with E-state index in [0.29, 0.717) is 11.5 Å².